The molecule has 1 atom stereocenters. The highest BCUT2D eigenvalue weighted by Crippen LogP contribution is 2.17. The zero-order chi connectivity index (χ0) is 11.4. The van der Waals surface area contributed by atoms with Crippen LogP contribution in [0.2, 0.25) is 0 Å². The molecule has 1 unspecified atom stereocenters. The second-order valence-corrected chi connectivity index (χ2v) is 4.84. The summed E-state index contributed by atoms with van der Waals surface area (Å²) in [5.41, 5.74) is 0. The Hall–Kier alpha value is -1.13. The summed E-state index contributed by atoms with van der Waals surface area (Å²) in [5, 5.41) is 5.63. The first-order chi connectivity index (χ1) is 7.77. The molecule has 0 fully saturated rings. The van der Waals surface area contributed by atoms with Crippen molar-refractivity contribution < 1.29 is 0 Å². The Balaban J connectivity index is 1.78. The highest BCUT2D eigenvalue weighted by atomic mass is 32.1. The van der Waals surface area contributed by atoms with Gasteiger partial charge in [0.2, 0.25) is 0 Å². The molecule has 0 aromatic carbocycles. The van der Waals surface area contributed by atoms with Gasteiger partial charge in [0.1, 0.15) is 5.82 Å². The quantitative estimate of drug-likeness (QED) is 0.863. The Morgan fingerprint density at radius 2 is 2.44 bits per heavy atom. The number of nitrogens with zero attached hydrogens (tertiary/aromatic N) is 2. The van der Waals surface area contributed by atoms with Crippen LogP contribution in [0.5, 0.6) is 0 Å². The third-order valence-electron chi connectivity index (χ3n) is 2.70. The molecule has 4 heteroatoms. The van der Waals surface area contributed by atoms with Crippen LogP contribution in [0.25, 0.3) is 0 Å². The molecule has 0 aliphatic carbocycles. The van der Waals surface area contributed by atoms with Crippen LogP contribution in [-0.4, -0.2) is 16.1 Å². The van der Waals surface area contributed by atoms with E-state index in [1.165, 1.54) is 4.88 Å². The van der Waals surface area contributed by atoms with E-state index in [-0.39, 0.29) is 0 Å². The fourth-order valence-corrected chi connectivity index (χ4v) is 2.44. The Labute approximate surface area is 100 Å². The fraction of sp³-hybridized carbons (Fsp3) is 0.417. The molecule has 2 rings (SSSR count). The second kappa shape index (κ2) is 5.27. The Morgan fingerprint density at radius 3 is 3.06 bits per heavy atom. The average molecular weight is 235 g/mol. The molecule has 0 bridgehead atoms. The van der Waals surface area contributed by atoms with Gasteiger partial charge in [0.15, 0.2) is 0 Å². The van der Waals surface area contributed by atoms with Gasteiger partial charge < -0.3 is 9.88 Å². The Bertz CT molecular complexity index is 419. The van der Waals surface area contributed by atoms with Gasteiger partial charge in [-0.3, -0.25) is 0 Å². The summed E-state index contributed by atoms with van der Waals surface area (Å²) in [4.78, 5) is 5.59. The van der Waals surface area contributed by atoms with Gasteiger partial charge >= 0.3 is 0 Å². The lowest BCUT2D eigenvalue weighted by atomic mass is 10.3. The van der Waals surface area contributed by atoms with Gasteiger partial charge in [-0.05, 0) is 25.3 Å². The number of nitrogens with one attached hydrogen (secondary N) is 1. The van der Waals surface area contributed by atoms with Crippen molar-refractivity contribution in [3.8, 4) is 0 Å². The zero-order valence-electron chi connectivity index (χ0n) is 9.68. The van der Waals surface area contributed by atoms with Crippen LogP contribution < -0.4 is 5.32 Å². The van der Waals surface area contributed by atoms with E-state index in [4.69, 9.17) is 0 Å². The first-order valence-electron chi connectivity index (χ1n) is 5.52. The predicted octanol–water partition coefficient (Wildman–Crippen LogP) is 2.60. The molecular formula is C12H17N3S. The van der Waals surface area contributed by atoms with Crippen molar-refractivity contribution in [2.24, 2.45) is 0 Å². The third kappa shape index (κ3) is 2.71. The normalized spacial score (nSPS) is 12.9. The molecule has 86 valence electrons. The number of thiophene rings is 1. The first-order valence-corrected chi connectivity index (χ1v) is 6.40. The van der Waals surface area contributed by atoms with E-state index in [1.807, 2.05) is 19.3 Å². The molecule has 0 saturated heterocycles. The van der Waals surface area contributed by atoms with Crippen molar-refractivity contribution >= 4 is 11.3 Å². The van der Waals surface area contributed by atoms with Gasteiger partial charge in [-0.25, -0.2) is 4.98 Å². The minimum absolute atomic E-state index is 0.434. The van der Waals surface area contributed by atoms with Crippen molar-refractivity contribution in [2.45, 2.75) is 26.4 Å². The standard InChI is InChI=1S/C12H17N3S/c1-10(12-4-3-9-16-12)13-5-7-15-8-6-14-11(15)2/h3-4,6,8-10,13H,5,7H2,1-2H3. The van der Waals surface area contributed by atoms with Crippen molar-refractivity contribution in [1.82, 2.24) is 14.9 Å². The molecule has 0 spiro atoms. The van der Waals surface area contributed by atoms with Gasteiger partial charge in [-0.1, -0.05) is 6.07 Å². The van der Waals surface area contributed by atoms with Crippen LogP contribution in [0.3, 0.4) is 0 Å². The van der Waals surface area contributed by atoms with Gasteiger partial charge in [0.25, 0.3) is 0 Å². The lowest BCUT2D eigenvalue weighted by Gasteiger charge is -2.12. The van der Waals surface area contributed by atoms with Crippen LogP contribution >= 0.6 is 11.3 Å². The number of aryl methyl sites for hydroxylation is 1. The predicted molar refractivity (Wildman–Crippen MR) is 67.7 cm³/mol. The summed E-state index contributed by atoms with van der Waals surface area (Å²) in [7, 11) is 0. The van der Waals surface area contributed by atoms with Gasteiger partial charge in [-0.15, -0.1) is 11.3 Å². The maximum Gasteiger partial charge on any atom is 0.105 e. The van der Waals surface area contributed by atoms with Crippen LogP contribution in [0.1, 0.15) is 23.7 Å². The van der Waals surface area contributed by atoms with E-state index in [2.05, 4.69) is 39.3 Å². The number of rotatable bonds is 5. The minimum atomic E-state index is 0.434. The molecule has 2 heterocycles. The van der Waals surface area contributed by atoms with Crippen LogP contribution in [0, 0.1) is 6.92 Å². The van der Waals surface area contributed by atoms with Crippen LogP contribution in [0.15, 0.2) is 29.9 Å². The lowest BCUT2D eigenvalue weighted by Crippen LogP contribution is -2.22. The van der Waals surface area contributed by atoms with E-state index in [0.29, 0.717) is 6.04 Å². The van der Waals surface area contributed by atoms with E-state index in [0.717, 1.165) is 18.9 Å². The Morgan fingerprint density at radius 1 is 1.56 bits per heavy atom. The average Bonchev–Trinajstić information content (AvgIpc) is 2.90. The summed E-state index contributed by atoms with van der Waals surface area (Å²) < 4.78 is 2.16. The second-order valence-electron chi connectivity index (χ2n) is 3.86. The molecule has 0 aliphatic heterocycles. The number of hydrogen-bond acceptors (Lipinski definition) is 3. The van der Waals surface area contributed by atoms with E-state index in [9.17, 15) is 0 Å². The van der Waals surface area contributed by atoms with Gasteiger partial charge in [0.05, 0.1) is 0 Å². The summed E-state index contributed by atoms with van der Waals surface area (Å²) >= 11 is 1.80. The molecule has 16 heavy (non-hydrogen) atoms. The molecule has 0 saturated carbocycles. The van der Waals surface area contributed by atoms with Crippen molar-refractivity contribution in [1.29, 1.82) is 0 Å². The summed E-state index contributed by atoms with van der Waals surface area (Å²) in [6.07, 6.45) is 3.87. The number of imidazole rings is 1. The number of aromatic nitrogens is 2. The molecule has 0 aliphatic rings. The van der Waals surface area contributed by atoms with Crippen LogP contribution in [0.4, 0.5) is 0 Å². The molecular weight excluding hydrogens is 218 g/mol. The topological polar surface area (TPSA) is 29.9 Å². The maximum absolute atomic E-state index is 4.20. The van der Waals surface area contributed by atoms with E-state index < -0.39 is 0 Å². The van der Waals surface area contributed by atoms with E-state index in [1.54, 1.807) is 11.3 Å². The lowest BCUT2D eigenvalue weighted by molar-refractivity contribution is 0.531. The summed E-state index contributed by atoms with van der Waals surface area (Å²) in [6, 6.07) is 4.70. The van der Waals surface area contributed by atoms with Gasteiger partial charge in [-0.2, -0.15) is 0 Å². The smallest absolute Gasteiger partial charge is 0.105 e. The van der Waals surface area contributed by atoms with Gasteiger partial charge in [0, 0.05) is 36.4 Å². The van der Waals surface area contributed by atoms with E-state index >= 15 is 0 Å². The highest BCUT2D eigenvalue weighted by Gasteiger charge is 2.04. The SMILES string of the molecule is Cc1nccn1CCNC(C)c1cccs1. The number of hydrogen-bond donors (Lipinski definition) is 1. The molecule has 0 radical (unpaired) electrons. The van der Waals surface area contributed by atoms with Crippen LogP contribution in [-0.2, 0) is 6.54 Å². The summed E-state index contributed by atoms with van der Waals surface area (Å²) in [6.45, 7) is 6.17. The highest BCUT2D eigenvalue weighted by molar-refractivity contribution is 7.10. The third-order valence-corrected chi connectivity index (χ3v) is 3.75. The molecule has 1 N–H and O–H groups in total. The fourth-order valence-electron chi connectivity index (χ4n) is 1.68. The maximum atomic E-state index is 4.20. The first kappa shape index (κ1) is 11.4. The molecule has 2 aromatic heterocycles. The summed E-state index contributed by atoms with van der Waals surface area (Å²) in [5.74, 6) is 1.07. The van der Waals surface area contributed by atoms with Crippen molar-refractivity contribution in [3.05, 3.63) is 40.6 Å². The van der Waals surface area contributed by atoms with Crippen molar-refractivity contribution in [2.75, 3.05) is 6.54 Å². The Kier molecular flexibility index (Phi) is 3.74. The monoisotopic (exact) mass is 235 g/mol. The molecule has 0 amide bonds. The minimum Gasteiger partial charge on any atom is -0.334 e. The van der Waals surface area contributed by atoms with Crippen molar-refractivity contribution in [3.63, 3.8) is 0 Å². The molecule has 2 aromatic rings. The largest absolute Gasteiger partial charge is 0.334 e. The molecule has 3 nitrogen and oxygen atoms in total. The zero-order valence-corrected chi connectivity index (χ0v) is 10.5.